The van der Waals surface area contributed by atoms with E-state index in [0.717, 1.165) is 3.79 Å². The van der Waals surface area contributed by atoms with E-state index in [1.165, 1.54) is 15.6 Å². The molecule has 23 heavy (non-hydrogen) atoms. The van der Waals surface area contributed by atoms with E-state index in [2.05, 4.69) is 15.9 Å². The van der Waals surface area contributed by atoms with Crippen molar-refractivity contribution in [2.24, 2.45) is 0 Å². The highest BCUT2D eigenvalue weighted by Crippen LogP contribution is 2.29. The zero-order valence-corrected chi connectivity index (χ0v) is 16.8. The van der Waals surface area contributed by atoms with Crippen LogP contribution < -0.4 is 0 Å². The molecule has 9 heteroatoms. The number of piperazine rings is 1. The summed E-state index contributed by atoms with van der Waals surface area (Å²) < 4.78 is 33.1. The molecular formula is C14H21BrN2O4S2. The molecular weight excluding hydrogens is 404 g/mol. The highest BCUT2D eigenvalue weighted by Gasteiger charge is 2.36. The first-order chi connectivity index (χ1) is 10.5. The number of sulfonamides is 1. The van der Waals surface area contributed by atoms with Gasteiger partial charge >= 0.3 is 6.09 Å². The third kappa shape index (κ3) is 4.46. The van der Waals surface area contributed by atoms with Crippen LogP contribution in [0.5, 0.6) is 0 Å². The molecule has 0 aliphatic carbocycles. The Balaban J connectivity index is 2.08. The molecule has 2 rings (SSSR count). The Labute approximate surface area is 149 Å². The second-order valence-corrected chi connectivity index (χ2v) is 11.1. The maximum Gasteiger partial charge on any atom is 0.410 e. The zero-order valence-electron chi connectivity index (χ0n) is 13.6. The molecule has 0 saturated carbocycles. The van der Waals surface area contributed by atoms with E-state index in [0.29, 0.717) is 10.8 Å². The molecule has 1 atom stereocenters. The van der Waals surface area contributed by atoms with Crippen LogP contribution in [0.25, 0.3) is 0 Å². The molecule has 0 aromatic carbocycles. The highest BCUT2D eigenvalue weighted by atomic mass is 79.9. The van der Waals surface area contributed by atoms with Gasteiger partial charge in [0.05, 0.1) is 3.79 Å². The van der Waals surface area contributed by atoms with Gasteiger partial charge in [-0.05, 0) is 55.8 Å². The SMILES string of the molecule is CC1CN(S(=O)(=O)c2ccc(Br)s2)CCN1C(=O)OC(C)(C)C. The molecule has 2 heterocycles. The lowest BCUT2D eigenvalue weighted by Crippen LogP contribution is -2.56. The summed E-state index contributed by atoms with van der Waals surface area (Å²) in [6, 6.07) is 3.07. The van der Waals surface area contributed by atoms with Crippen molar-refractivity contribution >= 4 is 43.4 Å². The van der Waals surface area contributed by atoms with E-state index in [4.69, 9.17) is 4.74 Å². The van der Waals surface area contributed by atoms with Crippen molar-refractivity contribution in [2.45, 2.75) is 43.5 Å². The molecule has 1 aliphatic rings. The molecule has 1 aliphatic heterocycles. The first-order valence-electron chi connectivity index (χ1n) is 7.26. The van der Waals surface area contributed by atoms with Gasteiger partial charge in [-0.3, -0.25) is 0 Å². The fourth-order valence-corrected chi connectivity index (χ4v) is 5.97. The van der Waals surface area contributed by atoms with Crippen molar-refractivity contribution in [1.82, 2.24) is 9.21 Å². The first kappa shape index (κ1) is 18.7. The molecule has 1 aromatic rings. The molecule has 1 unspecified atom stereocenters. The Morgan fingerprint density at radius 1 is 1.35 bits per heavy atom. The molecule has 6 nitrogen and oxygen atoms in total. The Hall–Kier alpha value is -0.640. The predicted octanol–water partition coefficient (Wildman–Crippen LogP) is 3.14. The maximum absolute atomic E-state index is 12.6. The fourth-order valence-electron chi connectivity index (χ4n) is 2.30. The standard InChI is InChI=1S/C14H21BrN2O4S2/c1-10-9-16(23(19,20)12-6-5-11(15)22-12)7-8-17(10)13(18)21-14(2,3)4/h5-6,10H,7-9H2,1-4H3. The van der Waals surface area contributed by atoms with Crippen LogP contribution in [0.3, 0.4) is 0 Å². The Kier molecular flexibility index (Phi) is 5.44. The van der Waals surface area contributed by atoms with Crippen LogP contribution >= 0.6 is 27.3 Å². The van der Waals surface area contributed by atoms with Crippen molar-refractivity contribution < 1.29 is 17.9 Å². The van der Waals surface area contributed by atoms with E-state index in [1.54, 1.807) is 17.0 Å². The van der Waals surface area contributed by atoms with Gasteiger partial charge in [0, 0.05) is 25.7 Å². The Bertz CT molecular complexity index is 681. The Morgan fingerprint density at radius 2 is 2.00 bits per heavy atom. The van der Waals surface area contributed by atoms with Crippen LogP contribution in [0.2, 0.25) is 0 Å². The van der Waals surface area contributed by atoms with Crippen molar-refractivity contribution in [2.75, 3.05) is 19.6 Å². The summed E-state index contributed by atoms with van der Waals surface area (Å²) >= 11 is 4.47. The second-order valence-electron chi connectivity index (χ2n) is 6.44. The lowest BCUT2D eigenvalue weighted by molar-refractivity contribution is 0.00860. The smallest absolute Gasteiger partial charge is 0.410 e. The van der Waals surface area contributed by atoms with Gasteiger partial charge in [0.25, 0.3) is 10.0 Å². The number of carbonyl (C=O) groups is 1. The minimum atomic E-state index is -3.52. The lowest BCUT2D eigenvalue weighted by Gasteiger charge is -2.39. The van der Waals surface area contributed by atoms with Crippen LogP contribution in [0.15, 0.2) is 20.1 Å². The molecule has 0 radical (unpaired) electrons. The molecule has 1 saturated heterocycles. The molecule has 1 fully saturated rings. The van der Waals surface area contributed by atoms with Crippen molar-refractivity contribution in [3.8, 4) is 0 Å². The fraction of sp³-hybridized carbons (Fsp3) is 0.643. The quantitative estimate of drug-likeness (QED) is 0.730. The number of amides is 1. The average molecular weight is 425 g/mol. The maximum atomic E-state index is 12.6. The third-order valence-electron chi connectivity index (χ3n) is 3.36. The van der Waals surface area contributed by atoms with Gasteiger partial charge in [-0.25, -0.2) is 13.2 Å². The minimum absolute atomic E-state index is 0.239. The Morgan fingerprint density at radius 3 is 2.48 bits per heavy atom. The minimum Gasteiger partial charge on any atom is -0.444 e. The van der Waals surface area contributed by atoms with Gasteiger partial charge in [-0.1, -0.05) is 0 Å². The molecule has 0 spiro atoms. The lowest BCUT2D eigenvalue weighted by atomic mass is 10.2. The van der Waals surface area contributed by atoms with Gasteiger partial charge in [0.15, 0.2) is 0 Å². The number of rotatable bonds is 2. The number of thiophene rings is 1. The van der Waals surface area contributed by atoms with Crippen molar-refractivity contribution in [3.05, 3.63) is 15.9 Å². The zero-order chi connectivity index (χ0) is 17.4. The summed E-state index contributed by atoms with van der Waals surface area (Å²) in [6.45, 7) is 8.11. The average Bonchev–Trinajstić information content (AvgIpc) is 2.83. The summed E-state index contributed by atoms with van der Waals surface area (Å²) in [7, 11) is -3.52. The molecule has 0 bridgehead atoms. The van der Waals surface area contributed by atoms with E-state index >= 15 is 0 Å². The van der Waals surface area contributed by atoms with Crippen LogP contribution in [0.1, 0.15) is 27.7 Å². The number of nitrogens with zero attached hydrogens (tertiary/aromatic N) is 2. The molecule has 0 N–H and O–H groups in total. The van der Waals surface area contributed by atoms with Crippen LogP contribution in [0.4, 0.5) is 4.79 Å². The molecule has 130 valence electrons. The number of ether oxygens (including phenoxy) is 1. The van der Waals surface area contributed by atoms with Crippen LogP contribution in [0, 0.1) is 0 Å². The second kappa shape index (κ2) is 6.70. The summed E-state index contributed by atoms with van der Waals surface area (Å²) in [5, 5.41) is 0. The molecule has 1 aromatic heterocycles. The van der Waals surface area contributed by atoms with Crippen molar-refractivity contribution in [3.63, 3.8) is 0 Å². The van der Waals surface area contributed by atoms with E-state index in [-0.39, 0.29) is 19.1 Å². The van der Waals surface area contributed by atoms with Crippen LogP contribution in [-0.2, 0) is 14.8 Å². The van der Waals surface area contributed by atoms with Gasteiger partial charge in [-0.2, -0.15) is 4.31 Å². The summed E-state index contributed by atoms with van der Waals surface area (Å²) in [4.78, 5) is 13.8. The first-order valence-corrected chi connectivity index (χ1v) is 10.3. The molecule has 1 amide bonds. The number of carbonyl (C=O) groups excluding carboxylic acids is 1. The topological polar surface area (TPSA) is 66.9 Å². The van der Waals surface area contributed by atoms with Gasteiger partial charge in [0.2, 0.25) is 0 Å². The summed E-state index contributed by atoms with van der Waals surface area (Å²) in [6.07, 6.45) is -0.402. The van der Waals surface area contributed by atoms with E-state index in [9.17, 15) is 13.2 Å². The van der Waals surface area contributed by atoms with E-state index < -0.39 is 21.7 Å². The third-order valence-corrected chi connectivity index (χ3v) is 7.32. The van der Waals surface area contributed by atoms with Gasteiger partial charge < -0.3 is 9.64 Å². The number of halogens is 1. The van der Waals surface area contributed by atoms with E-state index in [1.807, 2.05) is 27.7 Å². The van der Waals surface area contributed by atoms with Gasteiger partial charge in [-0.15, -0.1) is 11.3 Å². The summed E-state index contributed by atoms with van der Waals surface area (Å²) in [5.41, 5.74) is -0.566. The van der Waals surface area contributed by atoms with Crippen LogP contribution in [-0.4, -0.2) is 55.0 Å². The number of hydrogen-bond donors (Lipinski definition) is 0. The monoisotopic (exact) mass is 424 g/mol. The number of hydrogen-bond acceptors (Lipinski definition) is 5. The van der Waals surface area contributed by atoms with Crippen molar-refractivity contribution in [1.29, 1.82) is 0 Å². The summed E-state index contributed by atoms with van der Waals surface area (Å²) in [5.74, 6) is 0. The van der Waals surface area contributed by atoms with Gasteiger partial charge in [0.1, 0.15) is 9.81 Å². The predicted molar refractivity (Wildman–Crippen MR) is 93.2 cm³/mol. The normalized spacial score (nSPS) is 20.6. The highest BCUT2D eigenvalue weighted by molar-refractivity contribution is 9.11. The largest absolute Gasteiger partial charge is 0.444 e.